The lowest BCUT2D eigenvalue weighted by Gasteiger charge is -2.29. The third-order valence-electron chi connectivity index (χ3n) is 5.97. The first-order chi connectivity index (χ1) is 16.5. The van der Waals surface area contributed by atoms with E-state index in [1.54, 1.807) is 41.3 Å². The molecule has 1 aromatic heterocycles. The number of benzene rings is 3. The van der Waals surface area contributed by atoms with Gasteiger partial charge in [-0.3, -0.25) is 9.59 Å². The number of amides is 2. The third kappa shape index (κ3) is 4.03. The first-order valence-electron chi connectivity index (χ1n) is 10.9. The second-order valence-electron chi connectivity index (χ2n) is 8.11. The molecule has 0 fully saturated rings. The van der Waals surface area contributed by atoms with Gasteiger partial charge in [-0.15, -0.1) is 0 Å². The highest BCUT2D eigenvalue weighted by atomic mass is 16.5. The molecule has 0 spiro atoms. The van der Waals surface area contributed by atoms with Crippen molar-refractivity contribution in [2.24, 2.45) is 0 Å². The fraction of sp³-hybridized carbons (Fsp3) is 0.148. The maximum absolute atomic E-state index is 12.9. The summed E-state index contributed by atoms with van der Waals surface area (Å²) in [6.45, 7) is 1.08. The van der Waals surface area contributed by atoms with Crippen LogP contribution in [0.5, 0.6) is 5.75 Å². The van der Waals surface area contributed by atoms with E-state index in [0.717, 1.165) is 17.5 Å². The van der Waals surface area contributed by atoms with Crippen molar-refractivity contribution in [3.8, 4) is 5.75 Å². The maximum atomic E-state index is 12.9. The fourth-order valence-electron chi connectivity index (χ4n) is 4.21. The Morgan fingerprint density at radius 1 is 0.971 bits per heavy atom. The van der Waals surface area contributed by atoms with Gasteiger partial charge in [0.1, 0.15) is 5.56 Å². The zero-order chi connectivity index (χ0) is 23.7. The Balaban J connectivity index is 1.37. The van der Waals surface area contributed by atoms with Gasteiger partial charge in [-0.1, -0.05) is 36.4 Å². The quantitative estimate of drug-likeness (QED) is 0.466. The molecule has 3 aromatic carbocycles. The molecule has 0 saturated heterocycles. The van der Waals surface area contributed by atoms with Crippen LogP contribution in [0.2, 0.25) is 0 Å². The minimum atomic E-state index is -0.743. The summed E-state index contributed by atoms with van der Waals surface area (Å²) in [6, 6.07) is 21.5. The average Bonchev–Trinajstić information content (AvgIpc) is 2.87. The summed E-state index contributed by atoms with van der Waals surface area (Å²) in [6.07, 6.45) is 0.734. The SMILES string of the molecule is COc1cccc2cc(C(=O)Nc3ccc4c(c3)CN(C(=O)c3ccccc3)CC4)c(=O)oc12. The number of carbonyl (C=O) groups excluding carboxylic acids is 2. The normalized spacial score (nSPS) is 12.8. The first-order valence-corrected chi connectivity index (χ1v) is 10.9. The standard InChI is InChI=1S/C27H22N2O5/c1-33-23-9-5-8-19-15-22(27(32)34-24(19)23)25(30)28-21-11-10-17-12-13-29(16-20(17)14-21)26(31)18-6-3-2-4-7-18/h2-11,14-15H,12-13,16H2,1H3,(H,28,30). The molecular formula is C27H22N2O5. The number of rotatable bonds is 4. The Morgan fingerprint density at radius 2 is 1.79 bits per heavy atom. The number of methoxy groups -OCH3 is 1. The predicted octanol–water partition coefficient (Wildman–Crippen LogP) is 4.25. The summed E-state index contributed by atoms with van der Waals surface area (Å²) >= 11 is 0. The van der Waals surface area contributed by atoms with Crippen LogP contribution in [0, 0.1) is 0 Å². The molecule has 0 radical (unpaired) electrons. The Bertz CT molecular complexity index is 1460. The number of ether oxygens (including phenoxy) is 1. The highest BCUT2D eigenvalue weighted by molar-refractivity contribution is 6.05. The van der Waals surface area contributed by atoms with Crippen LogP contribution in [0.15, 0.2) is 82.0 Å². The van der Waals surface area contributed by atoms with Gasteiger partial charge < -0.3 is 19.4 Å². The monoisotopic (exact) mass is 454 g/mol. The van der Waals surface area contributed by atoms with Gasteiger partial charge in [0.05, 0.1) is 7.11 Å². The second kappa shape index (κ2) is 8.86. The van der Waals surface area contributed by atoms with Gasteiger partial charge in [0.15, 0.2) is 11.3 Å². The van der Waals surface area contributed by atoms with Gasteiger partial charge in [-0.25, -0.2) is 4.79 Å². The van der Waals surface area contributed by atoms with E-state index in [-0.39, 0.29) is 11.5 Å². The molecule has 0 unspecified atom stereocenters. The molecule has 4 aromatic rings. The number of carbonyl (C=O) groups is 2. The Hall–Kier alpha value is -4.39. The molecule has 5 rings (SSSR count). The topological polar surface area (TPSA) is 88.9 Å². The van der Waals surface area contributed by atoms with E-state index < -0.39 is 11.5 Å². The molecular weight excluding hydrogens is 432 g/mol. The molecule has 2 heterocycles. The molecule has 2 amide bonds. The van der Waals surface area contributed by atoms with Gasteiger partial charge in [0.25, 0.3) is 11.8 Å². The summed E-state index contributed by atoms with van der Waals surface area (Å²) in [5, 5.41) is 3.37. The zero-order valence-corrected chi connectivity index (χ0v) is 18.5. The minimum Gasteiger partial charge on any atom is -0.493 e. The summed E-state index contributed by atoms with van der Waals surface area (Å²) in [7, 11) is 1.49. The Kier molecular flexibility index (Phi) is 5.59. The van der Waals surface area contributed by atoms with E-state index in [2.05, 4.69) is 5.32 Å². The lowest BCUT2D eigenvalue weighted by molar-refractivity contribution is 0.0734. The van der Waals surface area contributed by atoms with E-state index in [1.807, 2.05) is 30.3 Å². The molecule has 34 heavy (non-hydrogen) atoms. The molecule has 7 heteroatoms. The number of fused-ring (bicyclic) bond motifs is 2. The van der Waals surface area contributed by atoms with Crippen molar-refractivity contribution in [1.82, 2.24) is 4.90 Å². The number of para-hydroxylation sites is 1. The number of nitrogens with zero attached hydrogens (tertiary/aromatic N) is 1. The molecule has 1 aliphatic heterocycles. The summed E-state index contributed by atoms with van der Waals surface area (Å²) in [4.78, 5) is 40.0. The Labute approximate surface area is 195 Å². The molecule has 170 valence electrons. The van der Waals surface area contributed by atoms with Crippen molar-refractivity contribution in [1.29, 1.82) is 0 Å². The van der Waals surface area contributed by atoms with Crippen LogP contribution in [-0.4, -0.2) is 30.4 Å². The highest BCUT2D eigenvalue weighted by Crippen LogP contribution is 2.26. The molecule has 0 aliphatic carbocycles. The largest absolute Gasteiger partial charge is 0.493 e. The van der Waals surface area contributed by atoms with Crippen LogP contribution in [0.25, 0.3) is 11.0 Å². The van der Waals surface area contributed by atoms with Crippen molar-refractivity contribution >= 4 is 28.5 Å². The van der Waals surface area contributed by atoms with Crippen LogP contribution in [-0.2, 0) is 13.0 Å². The van der Waals surface area contributed by atoms with Crippen LogP contribution in [0.3, 0.4) is 0 Å². The second-order valence-corrected chi connectivity index (χ2v) is 8.11. The molecule has 0 bridgehead atoms. The fourth-order valence-corrected chi connectivity index (χ4v) is 4.21. The molecule has 1 N–H and O–H groups in total. The van der Waals surface area contributed by atoms with E-state index >= 15 is 0 Å². The van der Waals surface area contributed by atoms with E-state index in [1.165, 1.54) is 13.2 Å². The molecule has 7 nitrogen and oxygen atoms in total. The van der Waals surface area contributed by atoms with Crippen molar-refractivity contribution in [3.63, 3.8) is 0 Å². The van der Waals surface area contributed by atoms with Crippen molar-refractivity contribution in [2.75, 3.05) is 19.0 Å². The Morgan fingerprint density at radius 3 is 2.59 bits per heavy atom. The molecule has 0 saturated carbocycles. The summed E-state index contributed by atoms with van der Waals surface area (Å²) in [5.74, 6) is -0.165. The zero-order valence-electron chi connectivity index (χ0n) is 18.5. The maximum Gasteiger partial charge on any atom is 0.349 e. The van der Waals surface area contributed by atoms with Gasteiger partial charge in [0, 0.05) is 29.7 Å². The molecule has 0 atom stereocenters. The number of nitrogens with one attached hydrogen (secondary N) is 1. The van der Waals surface area contributed by atoms with E-state index in [4.69, 9.17) is 9.15 Å². The third-order valence-corrected chi connectivity index (χ3v) is 5.97. The van der Waals surface area contributed by atoms with Crippen molar-refractivity contribution < 1.29 is 18.7 Å². The van der Waals surface area contributed by atoms with E-state index in [0.29, 0.717) is 41.1 Å². The van der Waals surface area contributed by atoms with Crippen molar-refractivity contribution in [3.05, 3.63) is 105 Å². The van der Waals surface area contributed by atoms with Crippen LogP contribution in [0.4, 0.5) is 5.69 Å². The van der Waals surface area contributed by atoms with Crippen LogP contribution >= 0.6 is 0 Å². The summed E-state index contributed by atoms with van der Waals surface area (Å²) in [5.41, 5.74) is 2.74. The lowest BCUT2D eigenvalue weighted by Crippen LogP contribution is -2.36. The lowest BCUT2D eigenvalue weighted by atomic mass is 9.98. The van der Waals surface area contributed by atoms with Crippen LogP contribution in [0.1, 0.15) is 31.8 Å². The minimum absolute atomic E-state index is 0.0233. The van der Waals surface area contributed by atoms with Gasteiger partial charge in [-0.05, 0) is 53.9 Å². The summed E-state index contributed by atoms with van der Waals surface area (Å²) < 4.78 is 10.6. The number of anilines is 1. The van der Waals surface area contributed by atoms with Gasteiger partial charge >= 0.3 is 5.63 Å². The molecule has 1 aliphatic rings. The predicted molar refractivity (Wildman–Crippen MR) is 128 cm³/mol. The first kappa shape index (κ1) is 21.5. The highest BCUT2D eigenvalue weighted by Gasteiger charge is 2.22. The van der Waals surface area contributed by atoms with Gasteiger partial charge in [0.2, 0.25) is 0 Å². The van der Waals surface area contributed by atoms with Crippen molar-refractivity contribution in [2.45, 2.75) is 13.0 Å². The van der Waals surface area contributed by atoms with Gasteiger partial charge in [-0.2, -0.15) is 0 Å². The van der Waals surface area contributed by atoms with Crippen LogP contribution < -0.4 is 15.7 Å². The van der Waals surface area contributed by atoms with E-state index in [9.17, 15) is 14.4 Å². The smallest absolute Gasteiger partial charge is 0.349 e. The number of hydrogen-bond acceptors (Lipinski definition) is 5. The number of hydrogen-bond donors (Lipinski definition) is 1. The average molecular weight is 454 g/mol.